The average Bonchev–Trinajstić information content (AvgIpc) is 2.34. The number of primary amides is 1. The molecule has 2 aromatic rings. The van der Waals surface area contributed by atoms with Crippen LogP contribution in [0.4, 0.5) is 13.2 Å². The number of hydrogen-bond acceptors (Lipinski definition) is 1. The van der Waals surface area contributed by atoms with Crippen LogP contribution in [-0.2, 0) is 6.42 Å². The number of amides is 1. The van der Waals surface area contributed by atoms with Gasteiger partial charge in [0, 0.05) is 29.7 Å². The first-order chi connectivity index (χ1) is 8.99. The Hall–Kier alpha value is -2.30. The first kappa shape index (κ1) is 13.1. The molecular weight excluding hydrogens is 255 g/mol. The zero-order valence-corrected chi connectivity index (χ0v) is 9.79. The Balaban J connectivity index is 2.45. The van der Waals surface area contributed by atoms with Gasteiger partial charge in [0.05, 0.1) is 0 Å². The second-order valence-corrected chi connectivity index (χ2v) is 4.05. The molecule has 0 aromatic heterocycles. The lowest BCUT2D eigenvalue weighted by Gasteiger charge is -2.08. The van der Waals surface area contributed by atoms with Crippen molar-refractivity contribution in [1.82, 2.24) is 0 Å². The van der Waals surface area contributed by atoms with Crippen molar-refractivity contribution < 1.29 is 18.0 Å². The van der Waals surface area contributed by atoms with Crippen LogP contribution in [0.1, 0.15) is 21.5 Å². The van der Waals surface area contributed by atoms with E-state index in [9.17, 15) is 18.0 Å². The summed E-state index contributed by atoms with van der Waals surface area (Å²) in [6, 6.07) is 7.44. The molecule has 0 atom stereocenters. The lowest BCUT2D eigenvalue weighted by molar-refractivity contribution is 0.0999. The lowest BCUT2D eigenvalue weighted by Crippen LogP contribution is -2.14. The standard InChI is InChI=1S/C14H10F3NO/c15-9-6-12(16)11(13(17)7-9)5-8-3-1-2-4-10(8)14(18)19/h1-4,6-7H,5H2,(H2,18,19). The Morgan fingerprint density at radius 2 is 1.63 bits per heavy atom. The molecule has 0 aliphatic rings. The second kappa shape index (κ2) is 5.14. The molecule has 0 saturated carbocycles. The summed E-state index contributed by atoms with van der Waals surface area (Å²) < 4.78 is 39.9. The van der Waals surface area contributed by atoms with Crippen LogP contribution in [0.25, 0.3) is 0 Å². The van der Waals surface area contributed by atoms with Crippen molar-refractivity contribution in [2.75, 3.05) is 0 Å². The molecule has 5 heteroatoms. The van der Waals surface area contributed by atoms with Gasteiger partial charge in [-0.05, 0) is 11.6 Å². The minimum Gasteiger partial charge on any atom is -0.366 e. The topological polar surface area (TPSA) is 43.1 Å². The smallest absolute Gasteiger partial charge is 0.248 e. The molecule has 19 heavy (non-hydrogen) atoms. The SMILES string of the molecule is NC(=O)c1ccccc1Cc1c(F)cc(F)cc1F. The van der Waals surface area contributed by atoms with Crippen molar-refractivity contribution in [2.24, 2.45) is 5.73 Å². The zero-order chi connectivity index (χ0) is 14.0. The van der Waals surface area contributed by atoms with Crippen LogP contribution in [0.3, 0.4) is 0 Å². The second-order valence-electron chi connectivity index (χ2n) is 4.05. The first-order valence-electron chi connectivity index (χ1n) is 5.50. The third kappa shape index (κ3) is 2.76. The Morgan fingerprint density at radius 1 is 1.05 bits per heavy atom. The van der Waals surface area contributed by atoms with Gasteiger partial charge in [-0.1, -0.05) is 18.2 Å². The van der Waals surface area contributed by atoms with Crippen LogP contribution in [0.2, 0.25) is 0 Å². The molecule has 0 aliphatic carbocycles. The van der Waals surface area contributed by atoms with Gasteiger partial charge >= 0.3 is 0 Å². The van der Waals surface area contributed by atoms with E-state index in [-0.39, 0.29) is 17.5 Å². The van der Waals surface area contributed by atoms with E-state index in [1.807, 2.05) is 0 Å². The molecule has 2 N–H and O–H groups in total. The van der Waals surface area contributed by atoms with Crippen LogP contribution in [-0.4, -0.2) is 5.91 Å². The molecule has 0 saturated heterocycles. The Morgan fingerprint density at radius 3 is 2.21 bits per heavy atom. The van der Waals surface area contributed by atoms with Crippen LogP contribution in [0.5, 0.6) is 0 Å². The van der Waals surface area contributed by atoms with E-state index in [2.05, 4.69) is 0 Å². The predicted molar refractivity (Wildman–Crippen MR) is 64.1 cm³/mol. The molecule has 0 unspecified atom stereocenters. The zero-order valence-electron chi connectivity index (χ0n) is 9.79. The van der Waals surface area contributed by atoms with Gasteiger partial charge in [-0.25, -0.2) is 13.2 Å². The van der Waals surface area contributed by atoms with Crippen LogP contribution in [0.15, 0.2) is 36.4 Å². The van der Waals surface area contributed by atoms with E-state index < -0.39 is 23.4 Å². The summed E-state index contributed by atoms with van der Waals surface area (Å²) in [5.41, 5.74) is 5.46. The van der Waals surface area contributed by atoms with E-state index >= 15 is 0 Å². The molecule has 98 valence electrons. The maximum atomic E-state index is 13.5. The summed E-state index contributed by atoms with van der Waals surface area (Å²) >= 11 is 0. The molecule has 0 fully saturated rings. The van der Waals surface area contributed by atoms with E-state index in [1.165, 1.54) is 6.07 Å². The maximum absolute atomic E-state index is 13.5. The third-order valence-electron chi connectivity index (χ3n) is 2.76. The normalized spacial score (nSPS) is 10.5. The monoisotopic (exact) mass is 265 g/mol. The molecule has 0 spiro atoms. The van der Waals surface area contributed by atoms with E-state index in [0.29, 0.717) is 17.7 Å². The number of nitrogens with two attached hydrogens (primary N) is 1. The summed E-state index contributed by atoms with van der Waals surface area (Å²) in [6.45, 7) is 0. The fourth-order valence-corrected chi connectivity index (χ4v) is 1.85. The van der Waals surface area contributed by atoms with Gasteiger partial charge in [0.2, 0.25) is 5.91 Å². The Kier molecular flexibility index (Phi) is 3.55. The summed E-state index contributed by atoms with van der Waals surface area (Å²) in [4.78, 5) is 11.2. The van der Waals surface area contributed by atoms with Gasteiger partial charge in [-0.2, -0.15) is 0 Å². The highest BCUT2D eigenvalue weighted by Gasteiger charge is 2.15. The average molecular weight is 265 g/mol. The summed E-state index contributed by atoms with van der Waals surface area (Å²) in [6.07, 6.45) is -0.170. The third-order valence-corrected chi connectivity index (χ3v) is 2.76. The highest BCUT2D eigenvalue weighted by Crippen LogP contribution is 2.20. The first-order valence-corrected chi connectivity index (χ1v) is 5.50. The van der Waals surface area contributed by atoms with Crippen molar-refractivity contribution in [3.05, 3.63) is 70.5 Å². The van der Waals surface area contributed by atoms with Gasteiger partial charge in [-0.15, -0.1) is 0 Å². The molecule has 0 heterocycles. The van der Waals surface area contributed by atoms with Gasteiger partial charge < -0.3 is 5.73 Å². The number of hydrogen-bond donors (Lipinski definition) is 1. The molecule has 0 aliphatic heterocycles. The van der Waals surface area contributed by atoms with E-state index in [4.69, 9.17) is 5.73 Å². The molecule has 2 rings (SSSR count). The highest BCUT2D eigenvalue weighted by molar-refractivity contribution is 5.94. The van der Waals surface area contributed by atoms with Crippen molar-refractivity contribution in [2.45, 2.75) is 6.42 Å². The molecule has 2 nitrogen and oxygen atoms in total. The molecular formula is C14H10F3NO. The molecule has 2 aromatic carbocycles. The fourth-order valence-electron chi connectivity index (χ4n) is 1.85. The summed E-state index contributed by atoms with van der Waals surface area (Å²) in [5, 5.41) is 0. The van der Waals surface area contributed by atoms with E-state index in [0.717, 1.165) is 0 Å². The van der Waals surface area contributed by atoms with Gasteiger partial charge in [0.15, 0.2) is 0 Å². The van der Waals surface area contributed by atoms with Crippen molar-refractivity contribution in [3.63, 3.8) is 0 Å². The Labute approximate surface area is 107 Å². The molecule has 0 radical (unpaired) electrons. The number of carbonyl (C=O) groups excluding carboxylic acids is 1. The summed E-state index contributed by atoms with van der Waals surface area (Å²) in [5.74, 6) is -3.64. The maximum Gasteiger partial charge on any atom is 0.248 e. The number of benzene rings is 2. The van der Waals surface area contributed by atoms with Crippen molar-refractivity contribution in [1.29, 1.82) is 0 Å². The minimum absolute atomic E-state index is 0.170. The van der Waals surface area contributed by atoms with Crippen LogP contribution < -0.4 is 5.73 Å². The molecule has 1 amide bonds. The Bertz CT molecular complexity index is 617. The van der Waals surface area contributed by atoms with E-state index in [1.54, 1.807) is 18.2 Å². The number of carbonyl (C=O) groups is 1. The predicted octanol–water partition coefficient (Wildman–Crippen LogP) is 2.79. The van der Waals surface area contributed by atoms with Gasteiger partial charge in [-0.3, -0.25) is 4.79 Å². The van der Waals surface area contributed by atoms with Crippen molar-refractivity contribution in [3.8, 4) is 0 Å². The fraction of sp³-hybridized carbons (Fsp3) is 0.0714. The summed E-state index contributed by atoms with van der Waals surface area (Å²) in [7, 11) is 0. The highest BCUT2D eigenvalue weighted by atomic mass is 19.1. The number of rotatable bonds is 3. The molecule has 0 bridgehead atoms. The van der Waals surface area contributed by atoms with Crippen LogP contribution in [0, 0.1) is 17.5 Å². The van der Waals surface area contributed by atoms with Crippen molar-refractivity contribution >= 4 is 5.91 Å². The van der Waals surface area contributed by atoms with Gasteiger partial charge in [0.1, 0.15) is 17.5 Å². The van der Waals surface area contributed by atoms with Gasteiger partial charge in [0.25, 0.3) is 0 Å². The van der Waals surface area contributed by atoms with Crippen LogP contribution >= 0.6 is 0 Å². The largest absolute Gasteiger partial charge is 0.366 e. The minimum atomic E-state index is -0.989. The quantitative estimate of drug-likeness (QED) is 0.911. The number of halogens is 3. The lowest BCUT2D eigenvalue weighted by atomic mass is 9.98.